The molecule has 25 heavy (non-hydrogen) atoms. The molecule has 2 aromatic rings. The summed E-state index contributed by atoms with van der Waals surface area (Å²) in [4.78, 5) is 25.5. The Morgan fingerprint density at radius 2 is 2.00 bits per heavy atom. The fourth-order valence-electron chi connectivity index (χ4n) is 3.05. The Kier molecular flexibility index (Phi) is 4.97. The molecule has 1 atom stereocenters. The van der Waals surface area contributed by atoms with Gasteiger partial charge in [0.25, 0.3) is 0 Å². The number of carbonyl (C=O) groups excluding carboxylic acids is 1. The molecule has 6 heteroatoms. The fraction of sp³-hybridized carbons (Fsp3) is 0.263. The standard InChI is InChI=1S/C19H19FN2O3/c20-16-6-3-4-13(11-16)10-15(18(23)24)12-21-19(25)22-9-8-14-5-1-2-7-17(14)22/h1-7,11,15H,8-10,12H2,(H,21,25)(H,23,24). The number of para-hydroxylation sites is 1. The Bertz CT molecular complexity index is 794. The van der Waals surface area contributed by atoms with E-state index in [1.807, 2.05) is 24.3 Å². The molecule has 1 unspecified atom stereocenters. The molecule has 0 spiro atoms. The monoisotopic (exact) mass is 342 g/mol. The first kappa shape index (κ1) is 17.0. The predicted molar refractivity (Wildman–Crippen MR) is 92.1 cm³/mol. The van der Waals surface area contributed by atoms with Crippen molar-refractivity contribution >= 4 is 17.7 Å². The van der Waals surface area contributed by atoms with E-state index < -0.39 is 17.7 Å². The minimum absolute atomic E-state index is 0.0106. The smallest absolute Gasteiger partial charge is 0.321 e. The van der Waals surface area contributed by atoms with Crippen molar-refractivity contribution in [2.45, 2.75) is 12.8 Å². The van der Waals surface area contributed by atoms with Gasteiger partial charge in [-0.15, -0.1) is 0 Å². The molecule has 2 amide bonds. The van der Waals surface area contributed by atoms with Crippen molar-refractivity contribution in [1.82, 2.24) is 5.32 Å². The average molecular weight is 342 g/mol. The number of halogens is 1. The number of hydrogen-bond acceptors (Lipinski definition) is 2. The first-order valence-corrected chi connectivity index (χ1v) is 8.15. The molecule has 1 aliphatic heterocycles. The number of urea groups is 1. The summed E-state index contributed by atoms with van der Waals surface area (Å²) in [6.45, 7) is 0.566. The normalized spacial score (nSPS) is 14.0. The van der Waals surface area contributed by atoms with Gasteiger partial charge in [0, 0.05) is 18.8 Å². The van der Waals surface area contributed by atoms with Crippen molar-refractivity contribution in [2.24, 2.45) is 5.92 Å². The van der Waals surface area contributed by atoms with Crippen LogP contribution in [0.3, 0.4) is 0 Å². The van der Waals surface area contributed by atoms with E-state index in [4.69, 9.17) is 0 Å². The highest BCUT2D eigenvalue weighted by Gasteiger charge is 2.26. The topological polar surface area (TPSA) is 69.6 Å². The molecule has 0 saturated heterocycles. The number of fused-ring (bicyclic) bond motifs is 1. The van der Waals surface area contributed by atoms with Crippen molar-refractivity contribution in [3.8, 4) is 0 Å². The van der Waals surface area contributed by atoms with Crippen LogP contribution in [0.1, 0.15) is 11.1 Å². The van der Waals surface area contributed by atoms with Crippen molar-refractivity contribution in [3.63, 3.8) is 0 Å². The van der Waals surface area contributed by atoms with Crippen LogP contribution in [0.25, 0.3) is 0 Å². The maximum atomic E-state index is 13.3. The van der Waals surface area contributed by atoms with E-state index in [1.54, 1.807) is 17.0 Å². The van der Waals surface area contributed by atoms with Gasteiger partial charge in [-0.25, -0.2) is 9.18 Å². The van der Waals surface area contributed by atoms with Crippen LogP contribution in [0.4, 0.5) is 14.9 Å². The van der Waals surface area contributed by atoms with Crippen molar-refractivity contribution in [3.05, 3.63) is 65.5 Å². The van der Waals surface area contributed by atoms with Crippen molar-refractivity contribution in [1.29, 1.82) is 0 Å². The zero-order valence-electron chi connectivity index (χ0n) is 13.6. The maximum absolute atomic E-state index is 13.3. The largest absolute Gasteiger partial charge is 0.481 e. The van der Waals surface area contributed by atoms with Crippen LogP contribution in [0, 0.1) is 11.7 Å². The second kappa shape index (κ2) is 7.34. The molecule has 3 rings (SSSR count). The van der Waals surface area contributed by atoms with Crippen molar-refractivity contribution < 1.29 is 19.1 Å². The van der Waals surface area contributed by atoms with Gasteiger partial charge in [0.2, 0.25) is 0 Å². The van der Waals surface area contributed by atoms with Crippen LogP contribution >= 0.6 is 0 Å². The van der Waals surface area contributed by atoms with Gasteiger partial charge in [-0.05, 0) is 42.2 Å². The van der Waals surface area contributed by atoms with Gasteiger partial charge in [-0.2, -0.15) is 0 Å². The summed E-state index contributed by atoms with van der Waals surface area (Å²) in [6, 6.07) is 13.2. The molecule has 0 saturated carbocycles. The minimum Gasteiger partial charge on any atom is -0.481 e. The highest BCUT2D eigenvalue weighted by Crippen LogP contribution is 2.27. The van der Waals surface area contributed by atoms with E-state index in [-0.39, 0.29) is 19.0 Å². The molecule has 130 valence electrons. The number of hydrogen-bond donors (Lipinski definition) is 2. The second-order valence-corrected chi connectivity index (χ2v) is 6.09. The third-order valence-electron chi connectivity index (χ3n) is 4.35. The van der Waals surface area contributed by atoms with Crippen LogP contribution in [0.5, 0.6) is 0 Å². The molecule has 0 bridgehead atoms. The molecule has 0 aliphatic carbocycles. The van der Waals surface area contributed by atoms with E-state index in [9.17, 15) is 19.1 Å². The first-order valence-electron chi connectivity index (χ1n) is 8.15. The summed E-state index contributed by atoms with van der Waals surface area (Å²) in [6.07, 6.45) is 0.944. The first-order chi connectivity index (χ1) is 12.0. The highest BCUT2D eigenvalue weighted by atomic mass is 19.1. The lowest BCUT2D eigenvalue weighted by atomic mass is 9.99. The van der Waals surface area contributed by atoms with Crippen LogP contribution in [-0.2, 0) is 17.6 Å². The van der Waals surface area contributed by atoms with E-state index in [1.165, 1.54) is 12.1 Å². The summed E-state index contributed by atoms with van der Waals surface area (Å²) in [7, 11) is 0. The number of nitrogens with one attached hydrogen (secondary N) is 1. The quantitative estimate of drug-likeness (QED) is 0.878. The highest BCUT2D eigenvalue weighted by molar-refractivity contribution is 5.94. The van der Waals surface area contributed by atoms with Gasteiger partial charge in [0.1, 0.15) is 5.82 Å². The molecule has 1 heterocycles. The van der Waals surface area contributed by atoms with Gasteiger partial charge in [0.15, 0.2) is 0 Å². The van der Waals surface area contributed by atoms with Gasteiger partial charge >= 0.3 is 12.0 Å². The Hall–Kier alpha value is -2.89. The third kappa shape index (κ3) is 3.96. The SMILES string of the molecule is O=C(O)C(CNC(=O)N1CCc2ccccc21)Cc1cccc(F)c1. The summed E-state index contributed by atoms with van der Waals surface area (Å²) < 4.78 is 13.3. The zero-order valence-corrected chi connectivity index (χ0v) is 13.6. The number of nitrogens with zero attached hydrogens (tertiary/aromatic N) is 1. The van der Waals surface area contributed by atoms with Crippen LogP contribution < -0.4 is 10.2 Å². The van der Waals surface area contributed by atoms with Crippen molar-refractivity contribution in [2.75, 3.05) is 18.0 Å². The third-order valence-corrected chi connectivity index (χ3v) is 4.35. The maximum Gasteiger partial charge on any atom is 0.321 e. The lowest BCUT2D eigenvalue weighted by Crippen LogP contribution is -2.42. The minimum atomic E-state index is -1.02. The van der Waals surface area contributed by atoms with Crippen LogP contribution in [0.2, 0.25) is 0 Å². The number of amides is 2. The Morgan fingerprint density at radius 1 is 1.20 bits per heavy atom. The van der Waals surface area contributed by atoms with Crippen LogP contribution in [0.15, 0.2) is 48.5 Å². The number of carboxylic acids is 1. The second-order valence-electron chi connectivity index (χ2n) is 6.09. The predicted octanol–water partition coefficient (Wildman–Crippen LogP) is 2.84. The number of aliphatic carboxylic acids is 1. The number of carbonyl (C=O) groups is 2. The van der Waals surface area contributed by atoms with E-state index in [0.29, 0.717) is 12.1 Å². The molecule has 1 aliphatic rings. The van der Waals surface area contributed by atoms with Gasteiger partial charge in [-0.3, -0.25) is 9.69 Å². The average Bonchev–Trinajstić information content (AvgIpc) is 3.02. The number of benzene rings is 2. The Morgan fingerprint density at radius 3 is 2.76 bits per heavy atom. The molecule has 0 fully saturated rings. The molecule has 2 aromatic carbocycles. The Balaban J connectivity index is 1.62. The number of carboxylic acid groups (broad SMARTS) is 1. The molecular weight excluding hydrogens is 323 g/mol. The summed E-state index contributed by atoms with van der Waals surface area (Å²) >= 11 is 0. The summed E-state index contributed by atoms with van der Waals surface area (Å²) in [5.74, 6) is -2.24. The molecule has 0 radical (unpaired) electrons. The fourth-order valence-corrected chi connectivity index (χ4v) is 3.05. The zero-order chi connectivity index (χ0) is 17.8. The summed E-state index contributed by atoms with van der Waals surface area (Å²) in [5.41, 5.74) is 2.55. The van der Waals surface area contributed by atoms with Gasteiger partial charge in [-0.1, -0.05) is 30.3 Å². The number of rotatable bonds is 5. The van der Waals surface area contributed by atoms with E-state index in [2.05, 4.69) is 5.32 Å². The molecule has 0 aromatic heterocycles. The van der Waals surface area contributed by atoms with E-state index >= 15 is 0 Å². The van der Waals surface area contributed by atoms with E-state index in [0.717, 1.165) is 17.7 Å². The summed E-state index contributed by atoms with van der Waals surface area (Å²) in [5, 5.41) is 12.1. The molecular formula is C19H19FN2O3. The molecule has 5 nitrogen and oxygen atoms in total. The lowest BCUT2D eigenvalue weighted by molar-refractivity contribution is -0.141. The molecule has 2 N–H and O–H groups in total. The van der Waals surface area contributed by atoms with Gasteiger partial charge < -0.3 is 10.4 Å². The Labute approximate surface area is 145 Å². The lowest BCUT2D eigenvalue weighted by Gasteiger charge is -2.20. The van der Waals surface area contributed by atoms with Crippen LogP contribution in [-0.4, -0.2) is 30.2 Å². The van der Waals surface area contributed by atoms with Gasteiger partial charge in [0.05, 0.1) is 5.92 Å². The number of anilines is 1.